The number of carbonyl (C=O) groups is 2. The van der Waals surface area contributed by atoms with E-state index in [0.717, 1.165) is 18.7 Å². The molecule has 0 radical (unpaired) electrons. The molecule has 1 N–H and O–H groups in total. The number of nitrogens with one attached hydrogen (secondary N) is 1. The van der Waals surface area contributed by atoms with Crippen LogP contribution in [-0.2, 0) is 9.59 Å². The molecule has 1 atom stereocenters. The van der Waals surface area contributed by atoms with E-state index in [-0.39, 0.29) is 11.6 Å². The van der Waals surface area contributed by atoms with Crippen molar-refractivity contribution in [3.8, 4) is 5.75 Å². The van der Waals surface area contributed by atoms with Gasteiger partial charge >= 0.3 is 0 Å². The van der Waals surface area contributed by atoms with E-state index >= 15 is 0 Å². The van der Waals surface area contributed by atoms with Crippen LogP contribution in [-0.4, -0.2) is 24.5 Å². The first-order valence-corrected chi connectivity index (χ1v) is 8.17. The van der Waals surface area contributed by atoms with Crippen LogP contribution in [0.5, 0.6) is 5.75 Å². The topological polar surface area (TPSA) is 58.6 Å². The fourth-order valence-electron chi connectivity index (χ4n) is 2.68. The van der Waals surface area contributed by atoms with E-state index in [2.05, 4.69) is 5.32 Å². The minimum absolute atomic E-state index is 0.117. The molecule has 1 aliphatic rings. The van der Waals surface area contributed by atoms with Crippen molar-refractivity contribution in [2.45, 2.75) is 25.9 Å². The Hall–Kier alpha value is -2.89. The lowest BCUT2D eigenvalue weighted by Crippen LogP contribution is -2.30. The molecule has 5 nitrogen and oxygen atoms in total. The van der Waals surface area contributed by atoms with Crippen LogP contribution >= 0.6 is 0 Å². The smallest absolute Gasteiger partial charge is 0.265 e. The zero-order valence-corrected chi connectivity index (χ0v) is 13.9. The van der Waals surface area contributed by atoms with Crippen molar-refractivity contribution in [1.29, 1.82) is 0 Å². The van der Waals surface area contributed by atoms with Gasteiger partial charge in [-0.15, -0.1) is 0 Å². The minimum atomic E-state index is -0.793. The zero-order valence-electron chi connectivity index (χ0n) is 13.9. The number of hydrogen-bond donors (Lipinski definition) is 1. The summed E-state index contributed by atoms with van der Waals surface area (Å²) in [5.41, 5.74) is 0.934. The molecule has 25 heavy (non-hydrogen) atoms. The highest BCUT2D eigenvalue weighted by atomic mass is 19.1. The molecular formula is C19H19FN2O3. The van der Waals surface area contributed by atoms with Gasteiger partial charge in [0, 0.05) is 18.7 Å². The fraction of sp³-hybridized carbons (Fsp3) is 0.263. The Bertz CT molecular complexity index is 776. The molecule has 2 aromatic carbocycles. The second-order valence-electron chi connectivity index (χ2n) is 5.87. The van der Waals surface area contributed by atoms with Crippen molar-refractivity contribution in [2.75, 3.05) is 16.8 Å². The lowest BCUT2D eigenvalue weighted by Gasteiger charge is -2.18. The normalized spacial score (nSPS) is 15.1. The van der Waals surface area contributed by atoms with Crippen molar-refractivity contribution < 1.29 is 18.7 Å². The van der Waals surface area contributed by atoms with Crippen molar-refractivity contribution >= 4 is 23.2 Å². The van der Waals surface area contributed by atoms with Gasteiger partial charge in [-0.2, -0.15) is 0 Å². The number of anilines is 2. The summed E-state index contributed by atoms with van der Waals surface area (Å²) in [5, 5.41) is 2.50. The molecule has 0 spiro atoms. The lowest BCUT2D eigenvalue weighted by atomic mass is 10.2. The van der Waals surface area contributed by atoms with Crippen molar-refractivity contribution in [2.24, 2.45) is 0 Å². The summed E-state index contributed by atoms with van der Waals surface area (Å²) in [6, 6.07) is 13.0. The first kappa shape index (κ1) is 17.0. The molecule has 1 heterocycles. The predicted octanol–water partition coefficient (Wildman–Crippen LogP) is 3.36. The molecule has 0 bridgehead atoms. The number of carbonyl (C=O) groups excluding carboxylic acids is 2. The highest BCUT2D eigenvalue weighted by Crippen LogP contribution is 2.24. The van der Waals surface area contributed by atoms with Gasteiger partial charge in [-0.1, -0.05) is 12.1 Å². The van der Waals surface area contributed by atoms with E-state index in [9.17, 15) is 14.0 Å². The third-order valence-corrected chi connectivity index (χ3v) is 4.04. The van der Waals surface area contributed by atoms with Crippen LogP contribution in [0.4, 0.5) is 15.8 Å². The van der Waals surface area contributed by atoms with E-state index in [1.165, 1.54) is 12.1 Å². The summed E-state index contributed by atoms with van der Waals surface area (Å²) >= 11 is 0. The first-order valence-electron chi connectivity index (χ1n) is 8.17. The molecule has 0 aromatic heterocycles. The van der Waals surface area contributed by atoms with Crippen LogP contribution < -0.4 is 15.0 Å². The second-order valence-corrected chi connectivity index (χ2v) is 5.87. The summed E-state index contributed by atoms with van der Waals surface area (Å²) in [5.74, 6) is -0.315. The maximum Gasteiger partial charge on any atom is 0.265 e. The van der Waals surface area contributed by atoms with Crippen LogP contribution in [0.2, 0.25) is 0 Å². The van der Waals surface area contributed by atoms with Gasteiger partial charge in [-0.25, -0.2) is 4.39 Å². The summed E-state index contributed by atoms with van der Waals surface area (Å²) in [4.78, 5) is 25.6. The molecule has 3 rings (SSSR count). The summed E-state index contributed by atoms with van der Waals surface area (Å²) in [7, 11) is 0. The highest BCUT2D eigenvalue weighted by molar-refractivity contribution is 5.95. The summed E-state index contributed by atoms with van der Waals surface area (Å²) in [6.07, 6.45) is 0.648. The standard InChI is InChI=1S/C19H19FN2O3/c1-13(19(24)21-17-6-3-2-5-16(17)20)25-15-10-8-14(9-11-15)22-12-4-7-18(22)23/h2-3,5-6,8-11,13H,4,7,12H2,1H3,(H,21,24)/t13-/m0/s1. The molecule has 0 aliphatic carbocycles. The fourth-order valence-corrected chi connectivity index (χ4v) is 2.68. The van der Waals surface area contributed by atoms with Gasteiger partial charge in [0.2, 0.25) is 5.91 Å². The van der Waals surface area contributed by atoms with Gasteiger partial charge in [0.1, 0.15) is 11.6 Å². The van der Waals surface area contributed by atoms with Gasteiger partial charge in [-0.05, 0) is 49.7 Å². The largest absolute Gasteiger partial charge is 0.481 e. The third kappa shape index (κ3) is 3.96. The lowest BCUT2D eigenvalue weighted by molar-refractivity contribution is -0.122. The van der Waals surface area contributed by atoms with Crippen LogP contribution in [0.3, 0.4) is 0 Å². The molecule has 0 unspecified atom stereocenters. The molecule has 2 amide bonds. The summed E-state index contributed by atoms with van der Waals surface area (Å²) in [6.45, 7) is 2.31. The number of para-hydroxylation sites is 1. The van der Waals surface area contributed by atoms with E-state index in [1.807, 2.05) is 0 Å². The molecular weight excluding hydrogens is 323 g/mol. The average molecular weight is 342 g/mol. The molecule has 1 fully saturated rings. The van der Waals surface area contributed by atoms with Gasteiger partial charge in [0.15, 0.2) is 6.10 Å². The van der Waals surface area contributed by atoms with Crippen LogP contribution in [0, 0.1) is 5.82 Å². The Labute approximate surface area is 145 Å². The Balaban J connectivity index is 1.60. The van der Waals surface area contributed by atoms with E-state index in [4.69, 9.17) is 4.74 Å². The Morgan fingerprint density at radius 2 is 1.92 bits per heavy atom. The van der Waals surface area contributed by atoms with Crippen molar-refractivity contribution in [3.05, 3.63) is 54.3 Å². The van der Waals surface area contributed by atoms with Gasteiger partial charge < -0.3 is 15.0 Å². The Morgan fingerprint density at radius 1 is 1.20 bits per heavy atom. The quantitative estimate of drug-likeness (QED) is 0.906. The van der Waals surface area contributed by atoms with E-state index < -0.39 is 17.8 Å². The van der Waals surface area contributed by atoms with E-state index in [0.29, 0.717) is 12.2 Å². The zero-order chi connectivity index (χ0) is 17.8. The van der Waals surface area contributed by atoms with Crippen LogP contribution in [0.15, 0.2) is 48.5 Å². The maximum atomic E-state index is 13.6. The number of halogens is 1. The van der Waals surface area contributed by atoms with Crippen LogP contribution in [0.25, 0.3) is 0 Å². The van der Waals surface area contributed by atoms with Crippen molar-refractivity contribution in [3.63, 3.8) is 0 Å². The number of benzene rings is 2. The highest BCUT2D eigenvalue weighted by Gasteiger charge is 2.22. The molecule has 1 aliphatic heterocycles. The number of ether oxygens (including phenoxy) is 1. The van der Waals surface area contributed by atoms with Gasteiger partial charge in [0.05, 0.1) is 5.69 Å². The number of rotatable bonds is 5. The SMILES string of the molecule is C[C@H](Oc1ccc(N2CCCC2=O)cc1)C(=O)Nc1ccccc1F. The monoisotopic (exact) mass is 342 g/mol. The Morgan fingerprint density at radius 3 is 2.56 bits per heavy atom. The molecule has 130 valence electrons. The van der Waals surface area contributed by atoms with Gasteiger partial charge in [0.25, 0.3) is 5.91 Å². The minimum Gasteiger partial charge on any atom is -0.481 e. The third-order valence-electron chi connectivity index (χ3n) is 4.04. The number of hydrogen-bond acceptors (Lipinski definition) is 3. The van der Waals surface area contributed by atoms with Gasteiger partial charge in [-0.3, -0.25) is 9.59 Å². The first-order chi connectivity index (χ1) is 12.0. The predicted molar refractivity (Wildman–Crippen MR) is 93.1 cm³/mol. The molecule has 6 heteroatoms. The average Bonchev–Trinajstić information content (AvgIpc) is 3.03. The number of amides is 2. The summed E-state index contributed by atoms with van der Waals surface area (Å²) < 4.78 is 19.2. The molecule has 0 saturated carbocycles. The van der Waals surface area contributed by atoms with E-state index in [1.54, 1.807) is 48.2 Å². The number of nitrogens with zero attached hydrogens (tertiary/aromatic N) is 1. The maximum absolute atomic E-state index is 13.6. The second kappa shape index (κ2) is 7.34. The van der Waals surface area contributed by atoms with Crippen molar-refractivity contribution in [1.82, 2.24) is 0 Å². The Kier molecular flexibility index (Phi) is 4.97. The van der Waals surface area contributed by atoms with Crippen LogP contribution in [0.1, 0.15) is 19.8 Å². The molecule has 2 aromatic rings. The molecule has 1 saturated heterocycles.